The quantitative estimate of drug-likeness (QED) is 0.397. The molecule has 0 N–H and O–H groups in total. The van der Waals surface area contributed by atoms with Crippen LogP contribution in [0, 0.1) is 0 Å². The summed E-state index contributed by atoms with van der Waals surface area (Å²) in [6.45, 7) is 0.474. The molecule has 0 amide bonds. The molecule has 0 aromatic heterocycles. The summed E-state index contributed by atoms with van der Waals surface area (Å²) < 4.78 is 34.6. The molecule has 0 saturated carbocycles. The Hall–Kier alpha value is -0.0600. The number of thioether (sulfide) groups is 1. The minimum Gasteiger partial charge on any atom is -0.233 e. The van der Waals surface area contributed by atoms with E-state index in [0.29, 0.717) is 19.4 Å². The molecule has 0 bridgehead atoms. The number of hydrogen-bond acceptors (Lipinski definition) is 3. The largest absolute Gasteiger partial charge is 0.441 e. The molecule has 0 unspecified atom stereocenters. The van der Waals surface area contributed by atoms with Crippen LogP contribution in [0.5, 0.6) is 0 Å². The van der Waals surface area contributed by atoms with Gasteiger partial charge in [0.2, 0.25) is 0 Å². The molecule has 0 aliphatic carbocycles. The molecule has 0 atom stereocenters. The van der Waals surface area contributed by atoms with Crippen molar-refractivity contribution in [1.82, 2.24) is 0 Å². The first-order chi connectivity index (χ1) is 5.56. The number of unbranched alkanes of at least 4 members (excludes halogenated alkanes) is 1. The summed E-state index contributed by atoms with van der Waals surface area (Å²) in [7, 11) is 0. The van der Waals surface area contributed by atoms with Crippen molar-refractivity contribution in [2.24, 2.45) is 4.99 Å². The van der Waals surface area contributed by atoms with E-state index in [1.54, 1.807) is 0 Å². The van der Waals surface area contributed by atoms with Gasteiger partial charge in [-0.25, -0.2) is 4.99 Å². The standard InChI is InChI=1S/C6H8F3NS2/c7-6(8,9)12-4-2-1-3-10-5-11/h1-4H2. The van der Waals surface area contributed by atoms with Gasteiger partial charge in [-0.2, -0.15) is 13.2 Å². The molecule has 0 fully saturated rings. The van der Waals surface area contributed by atoms with E-state index in [1.807, 2.05) is 0 Å². The van der Waals surface area contributed by atoms with Crippen molar-refractivity contribution in [3.63, 3.8) is 0 Å². The highest BCUT2D eigenvalue weighted by molar-refractivity contribution is 8.00. The molecular weight excluding hydrogens is 207 g/mol. The molecule has 12 heavy (non-hydrogen) atoms. The lowest BCUT2D eigenvalue weighted by molar-refractivity contribution is -0.0327. The van der Waals surface area contributed by atoms with E-state index in [0.717, 1.165) is 0 Å². The Morgan fingerprint density at radius 2 is 2.00 bits per heavy atom. The minimum absolute atomic E-state index is 0.00349. The van der Waals surface area contributed by atoms with E-state index < -0.39 is 5.51 Å². The van der Waals surface area contributed by atoms with Crippen LogP contribution in [-0.2, 0) is 0 Å². The minimum atomic E-state index is -4.10. The summed E-state index contributed by atoms with van der Waals surface area (Å²) >= 11 is 4.29. The molecule has 0 aliphatic heterocycles. The maximum Gasteiger partial charge on any atom is 0.441 e. The van der Waals surface area contributed by atoms with Gasteiger partial charge in [-0.1, -0.05) is 11.8 Å². The smallest absolute Gasteiger partial charge is 0.233 e. The maximum absolute atomic E-state index is 11.5. The summed E-state index contributed by atoms with van der Waals surface area (Å²) in [5.41, 5.74) is -4.10. The zero-order chi connectivity index (χ0) is 9.45. The second kappa shape index (κ2) is 6.46. The molecule has 0 spiro atoms. The molecule has 1 nitrogen and oxygen atoms in total. The molecule has 0 rings (SSSR count). The van der Waals surface area contributed by atoms with Gasteiger partial charge in [0.05, 0.1) is 5.16 Å². The monoisotopic (exact) mass is 215 g/mol. The Kier molecular flexibility index (Phi) is 6.42. The van der Waals surface area contributed by atoms with E-state index >= 15 is 0 Å². The number of aliphatic imine (C=N–C) groups is 1. The molecule has 70 valence electrons. The lowest BCUT2D eigenvalue weighted by Crippen LogP contribution is -2.01. The number of hydrogen-bond donors (Lipinski definition) is 0. The number of alkyl halides is 3. The zero-order valence-corrected chi connectivity index (χ0v) is 7.86. The summed E-state index contributed by atoms with van der Waals surface area (Å²) in [6, 6.07) is 0. The molecule has 0 saturated heterocycles. The fourth-order valence-electron chi connectivity index (χ4n) is 0.526. The van der Waals surface area contributed by atoms with Crippen LogP contribution in [0.15, 0.2) is 4.99 Å². The summed E-state index contributed by atoms with van der Waals surface area (Å²) in [6.07, 6.45) is 1.14. The second-order valence-electron chi connectivity index (χ2n) is 1.97. The van der Waals surface area contributed by atoms with Gasteiger partial charge in [-0.15, -0.1) is 0 Å². The predicted octanol–water partition coefficient (Wildman–Crippen LogP) is 3.12. The van der Waals surface area contributed by atoms with Crippen LogP contribution >= 0.6 is 24.0 Å². The molecule has 6 heteroatoms. The van der Waals surface area contributed by atoms with Crippen molar-refractivity contribution in [3.05, 3.63) is 0 Å². The topological polar surface area (TPSA) is 12.4 Å². The van der Waals surface area contributed by atoms with Crippen LogP contribution in [0.3, 0.4) is 0 Å². The molecule has 0 heterocycles. The fourth-order valence-corrected chi connectivity index (χ4v) is 1.20. The van der Waals surface area contributed by atoms with Crippen LogP contribution in [0.4, 0.5) is 13.2 Å². The fraction of sp³-hybridized carbons (Fsp3) is 0.833. The average molecular weight is 215 g/mol. The van der Waals surface area contributed by atoms with E-state index in [4.69, 9.17) is 0 Å². The van der Waals surface area contributed by atoms with Gasteiger partial charge in [0, 0.05) is 12.3 Å². The van der Waals surface area contributed by atoms with Crippen molar-refractivity contribution in [1.29, 1.82) is 0 Å². The van der Waals surface area contributed by atoms with Crippen molar-refractivity contribution in [2.75, 3.05) is 12.3 Å². The third kappa shape index (κ3) is 9.94. The maximum atomic E-state index is 11.5. The average Bonchev–Trinajstić information content (AvgIpc) is 1.94. The first kappa shape index (κ1) is 11.9. The molecular formula is C6H8F3NS2. The number of nitrogens with zero attached hydrogens (tertiary/aromatic N) is 1. The highest BCUT2D eigenvalue weighted by Crippen LogP contribution is 2.30. The van der Waals surface area contributed by atoms with Gasteiger partial charge in [0.25, 0.3) is 0 Å². The van der Waals surface area contributed by atoms with Crippen LogP contribution in [0.1, 0.15) is 12.8 Å². The second-order valence-corrected chi connectivity index (χ2v) is 3.32. The van der Waals surface area contributed by atoms with Crippen molar-refractivity contribution in [3.8, 4) is 0 Å². The summed E-state index contributed by atoms with van der Waals surface area (Å²) in [4.78, 5) is 3.58. The molecule has 0 radical (unpaired) electrons. The molecule has 0 aromatic carbocycles. The van der Waals surface area contributed by atoms with Gasteiger partial charge >= 0.3 is 5.51 Å². The van der Waals surface area contributed by atoms with Gasteiger partial charge in [-0.05, 0) is 25.1 Å². The van der Waals surface area contributed by atoms with E-state index in [1.165, 1.54) is 0 Å². The normalized spacial score (nSPS) is 10.9. The Bertz CT molecular complexity index is 163. The van der Waals surface area contributed by atoms with Gasteiger partial charge in [-0.3, -0.25) is 0 Å². The van der Waals surface area contributed by atoms with Crippen LogP contribution < -0.4 is 0 Å². The van der Waals surface area contributed by atoms with Gasteiger partial charge < -0.3 is 0 Å². The van der Waals surface area contributed by atoms with Gasteiger partial charge in [0.15, 0.2) is 0 Å². The Labute approximate surface area is 78.4 Å². The zero-order valence-electron chi connectivity index (χ0n) is 6.23. The Morgan fingerprint density at radius 3 is 2.50 bits per heavy atom. The third-order valence-electron chi connectivity index (χ3n) is 0.995. The van der Waals surface area contributed by atoms with E-state index in [9.17, 15) is 13.2 Å². The van der Waals surface area contributed by atoms with Crippen molar-refractivity contribution >= 4 is 29.1 Å². The Morgan fingerprint density at radius 1 is 1.33 bits per heavy atom. The van der Waals surface area contributed by atoms with Crippen molar-refractivity contribution < 1.29 is 13.2 Å². The van der Waals surface area contributed by atoms with Gasteiger partial charge in [0.1, 0.15) is 0 Å². The first-order valence-electron chi connectivity index (χ1n) is 3.30. The predicted molar refractivity (Wildman–Crippen MR) is 47.6 cm³/mol. The van der Waals surface area contributed by atoms with Crippen LogP contribution in [0.2, 0.25) is 0 Å². The number of rotatable bonds is 5. The summed E-state index contributed by atoms with van der Waals surface area (Å²) in [5.74, 6) is 0.0937. The lowest BCUT2D eigenvalue weighted by atomic mass is 10.3. The highest BCUT2D eigenvalue weighted by atomic mass is 32.2. The molecule has 0 aromatic rings. The first-order valence-corrected chi connectivity index (χ1v) is 4.70. The highest BCUT2D eigenvalue weighted by Gasteiger charge is 2.27. The molecule has 0 aliphatic rings. The van der Waals surface area contributed by atoms with Crippen LogP contribution in [-0.4, -0.2) is 23.0 Å². The number of thiocarbonyl (C=S) groups is 1. The lowest BCUT2D eigenvalue weighted by Gasteiger charge is -2.03. The Balaban J connectivity index is 3.16. The number of halogens is 3. The van der Waals surface area contributed by atoms with Crippen LogP contribution in [0.25, 0.3) is 0 Å². The SMILES string of the molecule is FC(F)(F)SCCCCN=C=S. The van der Waals surface area contributed by atoms with E-state index in [2.05, 4.69) is 22.4 Å². The third-order valence-corrected chi connectivity index (χ3v) is 1.94. The van der Waals surface area contributed by atoms with Crippen molar-refractivity contribution in [2.45, 2.75) is 18.3 Å². The van der Waals surface area contributed by atoms with E-state index in [-0.39, 0.29) is 17.5 Å². The number of isothiocyanates is 1. The summed E-state index contributed by atoms with van der Waals surface area (Å²) in [5, 5.41) is 2.15.